The van der Waals surface area contributed by atoms with Gasteiger partial charge in [0.1, 0.15) is 11.9 Å². The highest BCUT2D eigenvalue weighted by molar-refractivity contribution is 5.89. The van der Waals surface area contributed by atoms with Crippen molar-refractivity contribution in [2.24, 2.45) is 23.7 Å². The molecule has 5 nitrogen and oxygen atoms in total. The molecule has 1 aliphatic heterocycles. The summed E-state index contributed by atoms with van der Waals surface area (Å²) in [5.74, 6) is 0.692. The molecule has 3 fully saturated rings. The van der Waals surface area contributed by atoms with Crippen LogP contribution >= 0.6 is 0 Å². The molecular formula is C22H30O5. The molecule has 0 aromatic heterocycles. The fourth-order valence-electron chi connectivity index (χ4n) is 5.55. The number of fused-ring (bicyclic) bond motifs is 3. The average Bonchev–Trinajstić information content (AvgIpc) is 3.18. The fraction of sp³-hybridized carbons (Fsp3) is 0.682. The van der Waals surface area contributed by atoms with Gasteiger partial charge in [-0.2, -0.15) is 0 Å². The first-order valence-corrected chi connectivity index (χ1v) is 10.0. The van der Waals surface area contributed by atoms with Crippen molar-refractivity contribution in [1.29, 1.82) is 0 Å². The van der Waals surface area contributed by atoms with Crippen LogP contribution in [0, 0.1) is 23.7 Å². The number of esters is 1. The predicted octanol–water partition coefficient (Wildman–Crippen LogP) is 3.53. The Hall–Kier alpha value is -1.59. The van der Waals surface area contributed by atoms with Gasteiger partial charge in [-0.3, -0.25) is 0 Å². The van der Waals surface area contributed by atoms with Gasteiger partial charge in [0.05, 0.1) is 22.9 Å². The Bertz CT molecular complexity index is 725. The van der Waals surface area contributed by atoms with E-state index in [2.05, 4.69) is 20.8 Å². The van der Waals surface area contributed by atoms with Crippen LogP contribution in [0.3, 0.4) is 0 Å². The lowest BCUT2D eigenvalue weighted by Crippen LogP contribution is -2.41. The van der Waals surface area contributed by atoms with Gasteiger partial charge < -0.3 is 19.7 Å². The molecule has 27 heavy (non-hydrogen) atoms. The van der Waals surface area contributed by atoms with E-state index in [1.165, 1.54) is 12.1 Å². The highest BCUT2D eigenvalue weighted by Crippen LogP contribution is 2.63. The first-order chi connectivity index (χ1) is 12.6. The van der Waals surface area contributed by atoms with E-state index in [1.54, 1.807) is 12.1 Å². The minimum atomic E-state index is -0.881. The number of aliphatic hydroxyl groups is 1. The number of hydrogen-bond acceptors (Lipinski definition) is 5. The van der Waals surface area contributed by atoms with Crippen molar-refractivity contribution in [3.05, 3.63) is 29.8 Å². The Morgan fingerprint density at radius 2 is 1.85 bits per heavy atom. The van der Waals surface area contributed by atoms with E-state index < -0.39 is 11.6 Å². The molecule has 4 rings (SSSR count). The van der Waals surface area contributed by atoms with E-state index in [4.69, 9.17) is 9.47 Å². The van der Waals surface area contributed by atoms with Crippen LogP contribution in [0.4, 0.5) is 0 Å². The number of epoxide rings is 1. The zero-order chi connectivity index (χ0) is 19.6. The van der Waals surface area contributed by atoms with Crippen LogP contribution < -0.4 is 0 Å². The lowest BCUT2D eigenvalue weighted by atomic mass is 9.76. The zero-order valence-electron chi connectivity index (χ0n) is 16.5. The number of aromatic hydroxyl groups is 1. The number of carbonyl (C=O) groups excluding carboxylic acids is 1. The molecular weight excluding hydrogens is 344 g/mol. The van der Waals surface area contributed by atoms with Crippen LogP contribution in [0.1, 0.15) is 57.3 Å². The van der Waals surface area contributed by atoms with Crippen molar-refractivity contribution >= 4 is 5.97 Å². The van der Waals surface area contributed by atoms with Gasteiger partial charge in [-0.25, -0.2) is 4.79 Å². The van der Waals surface area contributed by atoms with E-state index >= 15 is 0 Å². The van der Waals surface area contributed by atoms with Crippen molar-refractivity contribution in [3.8, 4) is 5.75 Å². The Labute approximate surface area is 160 Å². The van der Waals surface area contributed by atoms with Crippen LogP contribution in [-0.4, -0.2) is 39.6 Å². The Balaban J connectivity index is 1.59. The first kappa shape index (κ1) is 18.8. The maximum Gasteiger partial charge on any atom is 0.338 e. The molecule has 1 saturated heterocycles. The van der Waals surface area contributed by atoms with Crippen LogP contribution in [0.5, 0.6) is 5.75 Å². The predicted molar refractivity (Wildman–Crippen MR) is 100 cm³/mol. The van der Waals surface area contributed by atoms with E-state index in [0.717, 1.165) is 12.8 Å². The van der Waals surface area contributed by atoms with Crippen LogP contribution in [0.15, 0.2) is 24.3 Å². The Morgan fingerprint density at radius 3 is 2.48 bits per heavy atom. The maximum absolute atomic E-state index is 12.7. The summed E-state index contributed by atoms with van der Waals surface area (Å²) in [5.41, 5.74) is -0.594. The third-order valence-electron chi connectivity index (χ3n) is 7.30. The normalized spacial score (nSPS) is 43.0. The van der Waals surface area contributed by atoms with Crippen LogP contribution in [0.2, 0.25) is 0 Å². The minimum Gasteiger partial charge on any atom is -0.508 e. The summed E-state index contributed by atoms with van der Waals surface area (Å²) < 4.78 is 11.9. The van der Waals surface area contributed by atoms with Gasteiger partial charge in [-0.05, 0) is 74.6 Å². The lowest BCUT2D eigenvalue weighted by molar-refractivity contribution is -0.0657. The summed E-state index contributed by atoms with van der Waals surface area (Å²) in [7, 11) is 0. The van der Waals surface area contributed by atoms with Crippen molar-refractivity contribution < 1.29 is 24.5 Å². The molecule has 0 radical (unpaired) electrons. The second-order valence-electron chi connectivity index (χ2n) is 9.43. The molecule has 1 aromatic carbocycles. The lowest BCUT2D eigenvalue weighted by Gasteiger charge is -2.35. The van der Waals surface area contributed by atoms with Gasteiger partial charge in [0.25, 0.3) is 0 Å². The molecule has 2 saturated carbocycles. The second-order valence-corrected chi connectivity index (χ2v) is 9.43. The summed E-state index contributed by atoms with van der Waals surface area (Å²) in [6.45, 7) is 8.37. The van der Waals surface area contributed by atoms with E-state index in [0.29, 0.717) is 23.8 Å². The van der Waals surface area contributed by atoms with E-state index in [1.807, 2.05) is 6.92 Å². The molecule has 2 aliphatic carbocycles. The number of rotatable bonds is 3. The number of carbonyl (C=O) groups is 1. The zero-order valence-corrected chi connectivity index (χ0v) is 16.5. The van der Waals surface area contributed by atoms with Gasteiger partial charge in [0.15, 0.2) is 0 Å². The number of ether oxygens (including phenoxy) is 2. The fourth-order valence-corrected chi connectivity index (χ4v) is 5.55. The average molecular weight is 374 g/mol. The van der Waals surface area contributed by atoms with Gasteiger partial charge in [0, 0.05) is 6.42 Å². The molecule has 5 heteroatoms. The number of benzene rings is 1. The van der Waals surface area contributed by atoms with Crippen molar-refractivity contribution in [2.45, 2.75) is 70.4 Å². The number of phenolic OH excluding ortho intramolecular Hbond substituents is 1. The monoisotopic (exact) mass is 374 g/mol. The van der Waals surface area contributed by atoms with Crippen molar-refractivity contribution in [2.75, 3.05) is 0 Å². The molecule has 7 unspecified atom stereocenters. The van der Waals surface area contributed by atoms with Crippen LogP contribution in [0.25, 0.3) is 0 Å². The third kappa shape index (κ3) is 3.15. The molecule has 0 spiro atoms. The largest absolute Gasteiger partial charge is 0.508 e. The SMILES string of the molecule is CC(C)C1CC2C(CC3OC32C)C(C)(O)CC1OC(=O)c1ccc(O)cc1. The minimum absolute atomic E-state index is 0.115. The highest BCUT2D eigenvalue weighted by Gasteiger charge is 2.69. The summed E-state index contributed by atoms with van der Waals surface area (Å²) in [6.07, 6.45) is 2.16. The summed E-state index contributed by atoms with van der Waals surface area (Å²) in [6, 6.07) is 6.09. The Morgan fingerprint density at radius 1 is 1.19 bits per heavy atom. The van der Waals surface area contributed by atoms with Gasteiger partial charge >= 0.3 is 5.97 Å². The molecule has 148 valence electrons. The topological polar surface area (TPSA) is 79.3 Å². The smallest absolute Gasteiger partial charge is 0.338 e. The van der Waals surface area contributed by atoms with Crippen molar-refractivity contribution in [1.82, 2.24) is 0 Å². The quantitative estimate of drug-likeness (QED) is 0.625. The number of phenols is 1. The summed E-state index contributed by atoms with van der Waals surface area (Å²) in [5, 5.41) is 20.7. The standard InChI is InChI=1S/C22H30O5/c1-12(2)15-9-17-16(10-19-22(17,4)27-19)21(3,25)11-18(15)26-20(24)13-5-7-14(23)8-6-13/h5-8,12,15-19,23,25H,9-11H2,1-4H3. The van der Waals surface area contributed by atoms with Gasteiger partial charge in [0.2, 0.25) is 0 Å². The molecule has 1 heterocycles. The summed E-state index contributed by atoms with van der Waals surface area (Å²) in [4.78, 5) is 12.7. The van der Waals surface area contributed by atoms with E-state index in [-0.39, 0.29) is 35.4 Å². The number of hydrogen-bond donors (Lipinski definition) is 2. The molecule has 2 N–H and O–H groups in total. The van der Waals surface area contributed by atoms with Crippen molar-refractivity contribution in [3.63, 3.8) is 0 Å². The Kier molecular flexibility index (Phi) is 4.32. The first-order valence-electron chi connectivity index (χ1n) is 10.0. The molecule has 7 atom stereocenters. The summed E-state index contributed by atoms with van der Waals surface area (Å²) >= 11 is 0. The van der Waals surface area contributed by atoms with E-state index in [9.17, 15) is 15.0 Å². The van der Waals surface area contributed by atoms with Crippen LogP contribution in [-0.2, 0) is 9.47 Å². The molecule has 0 amide bonds. The van der Waals surface area contributed by atoms with Gasteiger partial charge in [-0.15, -0.1) is 0 Å². The molecule has 1 aromatic rings. The highest BCUT2D eigenvalue weighted by atomic mass is 16.6. The molecule has 3 aliphatic rings. The molecule has 0 bridgehead atoms. The maximum atomic E-state index is 12.7. The second kappa shape index (κ2) is 6.21. The van der Waals surface area contributed by atoms with Gasteiger partial charge in [-0.1, -0.05) is 13.8 Å². The third-order valence-corrected chi connectivity index (χ3v) is 7.30.